The predicted molar refractivity (Wildman–Crippen MR) is 52.9 cm³/mol. The van der Waals surface area contributed by atoms with Gasteiger partial charge >= 0.3 is 5.69 Å². The first-order valence-electron chi connectivity index (χ1n) is 3.55. The number of nitro groups is 1. The van der Waals surface area contributed by atoms with E-state index in [9.17, 15) is 10.1 Å². The van der Waals surface area contributed by atoms with Crippen molar-refractivity contribution in [2.45, 2.75) is 13.8 Å². The van der Waals surface area contributed by atoms with Crippen LogP contribution in [0.3, 0.4) is 0 Å². The van der Waals surface area contributed by atoms with Crippen molar-refractivity contribution in [3.8, 4) is 0 Å². The second kappa shape index (κ2) is 3.69. The van der Waals surface area contributed by atoms with Crippen molar-refractivity contribution in [1.29, 1.82) is 0 Å². The number of anilines is 1. The van der Waals surface area contributed by atoms with Crippen LogP contribution in [0.1, 0.15) is 11.3 Å². The summed E-state index contributed by atoms with van der Waals surface area (Å²) in [6.07, 6.45) is 0. The fourth-order valence-corrected chi connectivity index (χ4v) is 1.40. The molecule has 0 aliphatic rings. The van der Waals surface area contributed by atoms with E-state index in [2.05, 4.69) is 25.5 Å². The smallest absolute Gasteiger partial charge is 0.301 e. The van der Waals surface area contributed by atoms with Gasteiger partial charge in [-0.25, -0.2) is 4.98 Å². The van der Waals surface area contributed by atoms with Gasteiger partial charge in [-0.15, -0.1) is 0 Å². The zero-order valence-corrected chi connectivity index (χ0v) is 8.75. The van der Waals surface area contributed by atoms with Crippen LogP contribution in [0.15, 0.2) is 6.07 Å². The van der Waals surface area contributed by atoms with Crippen molar-refractivity contribution in [1.82, 2.24) is 4.98 Å². The van der Waals surface area contributed by atoms with Crippen molar-refractivity contribution >= 4 is 27.7 Å². The number of nitrogens with one attached hydrogen (secondary N) is 1. The second-order valence-electron chi connectivity index (χ2n) is 2.63. The average molecular weight is 246 g/mol. The summed E-state index contributed by atoms with van der Waals surface area (Å²) in [4.78, 5) is 14.1. The van der Waals surface area contributed by atoms with E-state index in [1.807, 2.05) is 0 Å². The summed E-state index contributed by atoms with van der Waals surface area (Å²) in [5, 5.41) is 10.6. The summed E-state index contributed by atoms with van der Waals surface area (Å²) < 4.78 is 2.52. The molecule has 0 spiro atoms. The predicted octanol–water partition coefficient (Wildman–Crippen LogP) is 2.33. The summed E-state index contributed by atoms with van der Waals surface area (Å²) in [6.45, 7) is 3.46. The molecule has 0 aliphatic heterocycles. The van der Waals surface area contributed by atoms with E-state index in [1.54, 1.807) is 19.9 Å². The van der Waals surface area contributed by atoms with Crippen LogP contribution in [0, 0.1) is 24.0 Å². The van der Waals surface area contributed by atoms with Crippen molar-refractivity contribution < 1.29 is 4.92 Å². The third-order valence-corrected chi connectivity index (χ3v) is 1.96. The SMILES string of the molecule is Cc1cc(C)c([N+](=O)[O-])c(NBr)n1. The molecule has 0 radical (unpaired) electrons. The lowest BCUT2D eigenvalue weighted by Crippen LogP contribution is -1.99. The minimum absolute atomic E-state index is 0.00229. The molecule has 5 nitrogen and oxygen atoms in total. The Kier molecular flexibility index (Phi) is 2.82. The van der Waals surface area contributed by atoms with Gasteiger partial charge in [0.25, 0.3) is 0 Å². The Hall–Kier alpha value is -1.17. The summed E-state index contributed by atoms with van der Waals surface area (Å²) in [5.41, 5.74) is 1.34. The van der Waals surface area contributed by atoms with E-state index < -0.39 is 4.92 Å². The molecule has 1 aromatic heterocycles. The normalized spacial score (nSPS) is 9.77. The van der Waals surface area contributed by atoms with E-state index in [1.165, 1.54) is 0 Å². The maximum atomic E-state index is 10.6. The summed E-state index contributed by atoms with van der Waals surface area (Å²) in [6, 6.07) is 1.67. The monoisotopic (exact) mass is 245 g/mol. The van der Waals surface area contributed by atoms with Crippen molar-refractivity contribution in [3.63, 3.8) is 0 Å². The Morgan fingerprint density at radius 1 is 1.62 bits per heavy atom. The van der Waals surface area contributed by atoms with Crippen molar-refractivity contribution in [3.05, 3.63) is 27.4 Å². The number of pyridine rings is 1. The highest BCUT2D eigenvalue weighted by Crippen LogP contribution is 2.27. The number of aromatic nitrogens is 1. The van der Waals surface area contributed by atoms with Crippen LogP contribution in [-0.4, -0.2) is 9.91 Å². The third kappa shape index (κ3) is 1.95. The van der Waals surface area contributed by atoms with Crippen LogP contribution in [-0.2, 0) is 0 Å². The Morgan fingerprint density at radius 3 is 2.69 bits per heavy atom. The lowest BCUT2D eigenvalue weighted by Gasteiger charge is -2.03. The summed E-state index contributed by atoms with van der Waals surface area (Å²) >= 11 is 2.93. The average Bonchev–Trinajstić information content (AvgIpc) is 2.01. The largest absolute Gasteiger partial charge is 0.315 e. The summed E-state index contributed by atoms with van der Waals surface area (Å²) in [7, 11) is 0. The highest BCUT2D eigenvalue weighted by molar-refractivity contribution is 9.10. The van der Waals surface area contributed by atoms with Gasteiger partial charge in [-0.05, 0) is 19.9 Å². The van der Waals surface area contributed by atoms with Gasteiger partial charge in [0, 0.05) is 27.4 Å². The van der Waals surface area contributed by atoms with Crippen LogP contribution in [0.5, 0.6) is 0 Å². The van der Waals surface area contributed by atoms with Crippen molar-refractivity contribution in [2.75, 3.05) is 4.34 Å². The molecule has 0 aliphatic carbocycles. The fourth-order valence-electron chi connectivity index (χ4n) is 1.13. The highest BCUT2D eigenvalue weighted by Gasteiger charge is 2.18. The Labute approximate surface area is 83.7 Å². The van der Waals surface area contributed by atoms with E-state index >= 15 is 0 Å². The zero-order valence-electron chi connectivity index (χ0n) is 7.17. The molecular formula is C7H8BrN3O2. The molecule has 1 N–H and O–H groups in total. The van der Waals surface area contributed by atoms with E-state index in [4.69, 9.17) is 0 Å². The van der Waals surface area contributed by atoms with Gasteiger partial charge in [-0.1, -0.05) is 0 Å². The molecule has 13 heavy (non-hydrogen) atoms. The standard InChI is InChI=1S/C7H8BrN3O2/c1-4-3-5(2)9-7(10-8)6(4)11(12)13/h3H,1-2H3,(H,9,10). The number of nitrogens with zero attached hydrogens (tertiary/aromatic N) is 2. The first-order chi connectivity index (χ1) is 6.06. The van der Waals surface area contributed by atoms with E-state index in [0.717, 1.165) is 5.69 Å². The zero-order chi connectivity index (χ0) is 10.0. The molecule has 6 heteroatoms. The third-order valence-electron chi connectivity index (χ3n) is 1.58. The van der Waals surface area contributed by atoms with Crippen molar-refractivity contribution in [2.24, 2.45) is 0 Å². The lowest BCUT2D eigenvalue weighted by molar-refractivity contribution is -0.384. The molecule has 1 aromatic rings. The Morgan fingerprint density at radius 2 is 2.23 bits per heavy atom. The van der Waals surface area contributed by atoms with E-state index in [0.29, 0.717) is 5.56 Å². The van der Waals surface area contributed by atoms with Crippen LogP contribution in [0.25, 0.3) is 0 Å². The molecule has 0 amide bonds. The van der Waals surface area contributed by atoms with Gasteiger partial charge in [0.15, 0.2) is 0 Å². The van der Waals surface area contributed by atoms with Gasteiger partial charge < -0.3 is 4.34 Å². The topological polar surface area (TPSA) is 68.1 Å². The number of halogens is 1. The van der Waals surface area contributed by atoms with Gasteiger partial charge in [0.2, 0.25) is 5.82 Å². The maximum absolute atomic E-state index is 10.6. The molecule has 1 heterocycles. The minimum Gasteiger partial charge on any atom is -0.301 e. The molecule has 0 saturated heterocycles. The first kappa shape index (κ1) is 9.91. The van der Waals surface area contributed by atoms with Crippen LogP contribution >= 0.6 is 16.1 Å². The Balaban J connectivity index is 3.38. The molecule has 0 unspecified atom stereocenters. The van der Waals surface area contributed by atoms with Crippen LogP contribution in [0.4, 0.5) is 11.5 Å². The maximum Gasteiger partial charge on any atom is 0.315 e. The van der Waals surface area contributed by atoms with Crippen LogP contribution < -0.4 is 4.34 Å². The first-order valence-corrected chi connectivity index (χ1v) is 4.35. The lowest BCUT2D eigenvalue weighted by atomic mass is 10.2. The number of aryl methyl sites for hydroxylation is 2. The summed E-state index contributed by atoms with van der Waals surface area (Å²) in [5.74, 6) is 0.238. The number of hydrogen-bond acceptors (Lipinski definition) is 4. The number of hydrogen-bond donors (Lipinski definition) is 1. The van der Waals surface area contributed by atoms with Gasteiger partial charge in [0.1, 0.15) is 0 Å². The molecule has 0 saturated carbocycles. The molecular weight excluding hydrogens is 238 g/mol. The molecule has 0 bridgehead atoms. The quantitative estimate of drug-likeness (QED) is 0.494. The fraction of sp³-hybridized carbons (Fsp3) is 0.286. The van der Waals surface area contributed by atoms with E-state index in [-0.39, 0.29) is 11.5 Å². The highest BCUT2D eigenvalue weighted by atomic mass is 79.9. The van der Waals surface area contributed by atoms with Gasteiger partial charge in [0.05, 0.1) is 4.92 Å². The molecule has 70 valence electrons. The van der Waals surface area contributed by atoms with Gasteiger partial charge in [-0.3, -0.25) is 10.1 Å². The number of rotatable bonds is 2. The molecule has 0 atom stereocenters. The van der Waals surface area contributed by atoms with Crippen LogP contribution in [0.2, 0.25) is 0 Å². The molecule has 0 fully saturated rings. The minimum atomic E-state index is -0.453. The van der Waals surface area contributed by atoms with Gasteiger partial charge in [-0.2, -0.15) is 0 Å². The molecule has 1 rings (SSSR count). The Bertz CT molecular complexity index is 354. The molecule has 0 aromatic carbocycles. The second-order valence-corrected chi connectivity index (χ2v) is 3.03.